The molecule has 4 heteroatoms. The third-order valence-electron chi connectivity index (χ3n) is 2.82. The molecule has 0 bridgehead atoms. The second-order valence-corrected chi connectivity index (χ2v) is 6.27. The average molecular weight is 274 g/mol. The van der Waals surface area contributed by atoms with Crippen molar-refractivity contribution in [2.45, 2.75) is 24.7 Å². The smallest absolute Gasteiger partial charge is 0.261 e. The summed E-state index contributed by atoms with van der Waals surface area (Å²) in [4.78, 5) is 0.258. The van der Waals surface area contributed by atoms with Crippen LogP contribution in [-0.4, -0.2) is 8.42 Å². The van der Waals surface area contributed by atoms with Crippen molar-refractivity contribution in [3.63, 3.8) is 0 Å². The molecule has 0 saturated heterocycles. The molecule has 99 valence electrons. The summed E-state index contributed by atoms with van der Waals surface area (Å²) in [7, 11) is -3.54. The van der Waals surface area contributed by atoms with Gasteiger partial charge < -0.3 is 0 Å². The molecule has 2 aromatic rings. The van der Waals surface area contributed by atoms with E-state index in [1.807, 2.05) is 19.9 Å². The largest absolute Gasteiger partial charge is 0.279 e. The van der Waals surface area contributed by atoms with E-state index in [9.17, 15) is 8.42 Å². The van der Waals surface area contributed by atoms with Crippen LogP contribution in [0.25, 0.3) is 0 Å². The third kappa shape index (κ3) is 3.15. The molecule has 3 nitrogen and oxygen atoms in total. The van der Waals surface area contributed by atoms with Crippen molar-refractivity contribution < 1.29 is 8.42 Å². The summed E-state index contributed by atoms with van der Waals surface area (Å²) >= 11 is 0. The van der Waals surface area contributed by atoms with Gasteiger partial charge in [-0.15, -0.1) is 0 Å². The molecule has 19 heavy (non-hydrogen) atoms. The standard InChI is InChI=1S/C15H16NO2S/c1-12(2)14-10-6-7-11-15(14)16-19(17,18)13-8-4-3-5-9-13/h3-6,8-12,16H,1-2H3. The number of benzene rings is 2. The van der Waals surface area contributed by atoms with Crippen molar-refractivity contribution in [3.8, 4) is 0 Å². The van der Waals surface area contributed by atoms with E-state index >= 15 is 0 Å². The number of hydrogen-bond donors (Lipinski definition) is 1. The molecule has 1 radical (unpaired) electrons. The molecular formula is C15H16NO2S. The van der Waals surface area contributed by atoms with E-state index in [1.165, 1.54) is 0 Å². The van der Waals surface area contributed by atoms with Gasteiger partial charge in [-0.2, -0.15) is 0 Å². The number of rotatable bonds is 4. The minimum atomic E-state index is -3.54. The van der Waals surface area contributed by atoms with Crippen molar-refractivity contribution in [2.75, 3.05) is 4.72 Å². The van der Waals surface area contributed by atoms with Crippen LogP contribution in [0.2, 0.25) is 0 Å². The van der Waals surface area contributed by atoms with E-state index in [-0.39, 0.29) is 10.8 Å². The van der Waals surface area contributed by atoms with Gasteiger partial charge in [0.25, 0.3) is 10.0 Å². The first-order valence-corrected chi connectivity index (χ1v) is 7.57. The van der Waals surface area contributed by atoms with Crippen LogP contribution in [0, 0.1) is 6.07 Å². The number of hydrogen-bond acceptors (Lipinski definition) is 2. The highest BCUT2D eigenvalue weighted by Crippen LogP contribution is 2.25. The van der Waals surface area contributed by atoms with Gasteiger partial charge in [0.15, 0.2) is 0 Å². The first-order valence-electron chi connectivity index (χ1n) is 6.08. The maximum atomic E-state index is 12.3. The van der Waals surface area contributed by atoms with Crippen molar-refractivity contribution in [1.29, 1.82) is 0 Å². The molecule has 2 rings (SSSR count). The maximum Gasteiger partial charge on any atom is 0.261 e. The van der Waals surface area contributed by atoms with Crippen molar-refractivity contribution in [2.24, 2.45) is 0 Å². The number of nitrogens with one attached hydrogen (secondary N) is 1. The van der Waals surface area contributed by atoms with Crippen LogP contribution >= 0.6 is 0 Å². The summed E-state index contributed by atoms with van der Waals surface area (Å²) in [6, 6.07) is 16.6. The van der Waals surface area contributed by atoms with Gasteiger partial charge in [0.1, 0.15) is 0 Å². The van der Waals surface area contributed by atoms with Gasteiger partial charge in [0.2, 0.25) is 0 Å². The molecule has 2 aromatic carbocycles. The van der Waals surface area contributed by atoms with Crippen LogP contribution in [-0.2, 0) is 10.0 Å². The van der Waals surface area contributed by atoms with Gasteiger partial charge in [-0.1, -0.05) is 44.2 Å². The molecule has 0 aromatic heterocycles. The zero-order chi connectivity index (χ0) is 13.9. The Bertz CT molecular complexity index is 649. The van der Waals surface area contributed by atoms with Gasteiger partial charge in [-0.3, -0.25) is 4.72 Å². The summed E-state index contributed by atoms with van der Waals surface area (Å²) in [6.45, 7) is 4.05. The summed E-state index contributed by atoms with van der Waals surface area (Å²) in [5.41, 5.74) is 1.54. The topological polar surface area (TPSA) is 46.2 Å². The molecule has 0 amide bonds. The molecule has 0 unspecified atom stereocenters. The van der Waals surface area contributed by atoms with E-state index in [1.54, 1.807) is 42.5 Å². The first-order chi connectivity index (χ1) is 9.00. The lowest BCUT2D eigenvalue weighted by Crippen LogP contribution is -2.14. The predicted molar refractivity (Wildman–Crippen MR) is 76.6 cm³/mol. The molecular weight excluding hydrogens is 258 g/mol. The normalized spacial score (nSPS) is 11.5. The Labute approximate surface area is 114 Å². The summed E-state index contributed by atoms with van der Waals surface area (Å²) < 4.78 is 27.1. The Balaban J connectivity index is 2.37. The van der Waals surface area contributed by atoms with E-state index in [0.717, 1.165) is 5.56 Å². The fourth-order valence-corrected chi connectivity index (χ4v) is 2.94. The Morgan fingerprint density at radius 1 is 1.11 bits per heavy atom. The highest BCUT2D eigenvalue weighted by Gasteiger charge is 2.16. The lowest BCUT2D eigenvalue weighted by atomic mass is 10.0. The fourth-order valence-electron chi connectivity index (χ4n) is 1.84. The summed E-state index contributed by atoms with van der Waals surface area (Å²) in [6.07, 6.45) is 0. The molecule has 0 spiro atoms. The van der Waals surface area contributed by atoms with Gasteiger partial charge in [0, 0.05) is 0 Å². The highest BCUT2D eigenvalue weighted by atomic mass is 32.2. The minimum absolute atomic E-state index is 0.239. The van der Waals surface area contributed by atoms with Crippen LogP contribution < -0.4 is 4.72 Å². The fraction of sp³-hybridized carbons (Fsp3) is 0.200. The first kappa shape index (κ1) is 13.6. The van der Waals surface area contributed by atoms with E-state index < -0.39 is 10.0 Å². The summed E-state index contributed by atoms with van der Waals surface area (Å²) in [5.74, 6) is 0.239. The molecule has 0 fully saturated rings. The van der Waals surface area contributed by atoms with Crippen molar-refractivity contribution in [1.82, 2.24) is 0 Å². The number of sulfonamides is 1. The molecule has 1 N–H and O–H groups in total. The second kappa shape index (κ2) is 5.45. The lowest BCUT2D eigenvalue weighted by molar-refractivity contribution is 0.601. The zero-order valence-electron chi connectivity index (χ0n) is 10.9. The average Bonchev–Trinajstić information content (AvgIpc) is 2.39. The van der Waals surface area contributed by atoms with Gasteiger partial charge in [-0.25, -0.2) is 8.42 Å². The number of anilines is 1. The molecule has 0 aliphatic carbocycles. The van der Waals surface area contributed by atoms with Crippen LogP contribution in [0.5, 0.6) is 0 Å². The SMILES string of the molecule is CC(C)c1cc[c]cc1NS(=O)(=O)c1ccccc1. The van der Waals surface area contributed by atoms with Gasteiger partial charge in [-0.05, 0) is 35.7 Å². The lowest BCUT2D eigenvalue weighted by Gasteiger charge is -2.14. The van der Waals surface area contributed by atoms with E-state index in [4.69, 9.17) is 0 Å². The van der Waals surface area contributed by atoms with Crippen LogP contribution in [0.15, 0.2) is 53.4 Å². The summed E-state index contributed by atoms with van der Waals surface area (Å²) in [5, 5.41) is 0. The molecule has 0 aliphatic rings. The Morgan fingerprint density at radius 2 is 1.79 bits per heavy atom. The molecule has 0 heterocycles. The Kier molecular flexibility index (Phi) is 3.90. The van der Waals surface area contributed by atoms with Crippen LogP contribution in [0.3, 0.4) is 0 Å². The van der Waals surface area contributed by atoms with Crippen molar-refractivity contribution >= 4 is 15.7 Å². The monoisotopic (exact) mass is 274 g/mol. The Morgan fingerprint density at radius 3 is 2.42 bits per heavy atom. The van der Waals surface area contributed by atoms with E-state index in [2.05, 4.69) is 10.8 Å². The predicted octanol–water partition coefficient (Wildman–Crippen LogP) is 3.41. The van der Waals surface area contributed by atoms with E-state index in [0.29, 0.717) is 5.69 Å². The highest BCUT2D eigenvalue weighted by molar-refractivity contribution is 7.92. The Hall–Kier alpha value is -1.81. The zero-order valence-corrected chi connectivity index (χ0v) is 11.7. The van der Waals surface area contributed by atoms with Crippen molar-refractivity contribution in [3.05, 3.63) is 60.2 Å². The molecule has 0 aliphatic heterocycles. The molecule has 0 atom stereocenters. The van der Waals surface area contributed by atoms with Gasteiger partial charge in [0.05, 0.1) is 10.6 Å². The third-order valence-corrected chi connectivity index (χ3v) is 4.20. The minimum Gasteiger partial charge on any atom is -0.279 e. The quantitative estimate of drug-likeness (QED) is 0.928. The van der Waals surface area contributed by atoms with Gasteiger partial charge >= 0.3 is 0 Å². The second-order valence-electron chi connectivity index (χ2n) is 4.59. The molecule has 0 saturated carbocycles. The maximum absolute atomic E-state index is 12.3. The van der Waals surface area contributed by atoms with Crippen LogP contribution in [0.4, 0.5) is 5.69 Å². The van der Waals surface area contributed by atoms with Crippen LogP contribution in [0.1, 0.15) is 25.3 Å².